The second kappa shape index (κ2) is 9.12. The maximum Gasteiger partial charge on any atom is 0.248 e. The van der Waals surface area contributed by atoms with Crippen molar-refractivity contribution in [3.05, 3.63) is 70.3 Å². The molecule has 0 saturated carbocycles. The Balaban J connectivity index is 1.33. The average molecular weight is 442 g/mol. The molecule has 0 radical (unpaired) electrons. The van der Waals surface area contributed by atoms with Gasteiger partial charge in [-0.2, -0.15) is 0 Å². The zero-order valence-corrected chi connectivity index (χ0v) is 17.5. The van der Waals surface area contributed by atoms with Crippen molar-refractivity contribution in [3.63, 3.8) is 0 Å². The van der Waals surface area contributed by atoms with E-state index in [1.54, 1.807) is 41.8 Å². The topological polar surface area (TPSA) is 48.6 Å². The molecule has 5 rings (SSSR count). The first kappa shape index (κ1) is 12.9. The fourth-order valence-corrected chi connectivity index (χ4v) is 4.27. The number of piperazine rings is 1. The summed E-state index contributed by atoms with van der Waals surface area (Å²) < 4.78 is 76.3. The Morgan fingerprint density at radius 1 is 1.03 bits per heavy atom. The predicted octanol–water partition coefficient (Wildman–Crippen LogP) is 4.72. The third kappa shape index (κ3) is 4.60. The molecule has 0 atom stereocenters. The fourth-order valence-electron chi connectivity index (χ4n) is 3.46. The number of ether oxygens (including phenoxy) is 1. The highest BCUT2D eigenvalue weighted by molar-refractivity contribution is 7.17. The summed E-state index contributed by atoms with van der Waals surface area (Å²) >= 11 is 1.38. The number of nitrogens with one attached hydrogen (secondary N) is 1. The second-order valence-electron chi connectivity index (χ2n) is 7.17. The van der Waals surface area contributed by atoms with Gasteiger partial charge in [-0.1, -0.05) is 6.07 Å². The van der Waals surface area contributed by atoms with Crippen LogP contribution < -0.4 is 15.2 Å². The molecule has 160 valence electrons. The van der Waals surface area contributed by atoms with Crippen LogP contribution in [-0.4, -0.2) is 49.0 Å². The largest absolute Gasteiger partial charge is 0.494 e. The molecule has 6 heteroatoms. The number of fused-ring (bicyclic) bond motifs is 2. The van der Waals surface area contributed by atoms with Gasteiger partial charge in [0.15, 0.2) is 0 Å². The molecule has 1 aliphatic rings. The molecule has 0 aliphatic carbocycles. The number of thiophene rings is 1. The lowest BCUT2D eigenvalue weighted by atomic mass is 10.2. The number of H-pyrrole nitrogens is 1. The Morgan fingerprint density at radius 2 is 1.90 bits per heavy atom. The summed E-state index contributed by atoms with van der Waals surface area (Å²) in [4.78, 5) is 15.6. The number of nitrogens with zero attached hydrogens (tertiary/aromatic N) is 2. The van der Waals surface area contributed by atoms with Gasteiger partial charge in [0.1, 0.15) is 5.75 Å². The number of rotatable bonds is 7. The molecular formula is C25H27N3O2S. The minimum absolute atomic E-state index is 0.0984. The van der Waals surface area contributed by atoms with E-state index < -0.39 is 26.0 Å². The number of unbranched alkanes of at least 4 members (excludes halogenated alkanes) is 1. The van der Waals surface area contributed by atoms with Gasteiger partial charge in [0.25, 0.3) is 0 Å². The lowest BCUT2D eigenvalue weighted by Gasteiger charge is -2.36. The first-order chi connectivity index (χ1) is 18.3. The molecular weight excluding hydrogens is 406 g/mol. The molecule has 1 saturated heterocycles. The van der Waals surface area contributed by atoms with E-state index in [4.69, 9.17) is 15.7 Å². The van der Waals surface area contributed by atoms with Crippen LogP contribution in [0.15, 0.2) is 64.8 Å². The molecule has 2 aromatic carbocycles. The smallest absolute Gasteiger partial charge is 0.248 e. The van der Waals surface area contributed by atoms with Gasteiger partial charge in [-0.3, -0.25) is 9.69 Å². The first-order valence-corrected chi connectivity index (χ1v) is 11.0. The zero-order chi connectivity index (χ0) is 28.2. The van der Waals surface area contributed by atoms with E-state index >= 15 is 0 Å². The Bertz CT molecular complexity index is 1540. The lowest BCUT2D eigenvalue weighted by Crippen LogP contribution is -2.46. The van der Waals surface area contributed by atoms with E-state index in [2.05, 4.69) is 4.98 Å². The highest BCUT2D eigenvalue weighted by Crippen LogP contribution is 2.31. The molecule has 31 heavy (non-hydrogen) atoms. The molecule has 1 N–H and O–H groups in total. The maximum absolute atomic E-state index is 11.6. The summed E-state index contributed by atoms with van der Waals surface area (Å²) in [5.74, 6) is 0.527. The van der Waals surface area contributed by atoms with Crippen LogP contribution in [-0.2, 0) is 0 Å². The number of anilines is 1. The summed E-state index contributed by atoms with van der Waals surface area (Å²) in [6.45, 7) is -11.6. The van der Waals surface area contributed by atoms with Gasteiger partial charge >= 0.3 is 0 Å². The lowest BCUT2D eigenvalue weighted by molar-refractivity contribution is 0.239. The molecule has 1 fully saturated rings. The van der Waals surface area contributed by atoms with Crippen molar-refractivity contribution in [2.75, 3.05) is 44.0 Å². The third-order valence-corrected chi connectivity index (χ3v) is 5.93. The Labute approximate surface area is 197 Å². The van der Waals surface area contributed by atoms with Crippen LogP contribution in [0.2, 0.25) is 0 Å². The van der Waals surface area contributed by atoms with Crippen LogP contribution in [0.1, 0.15) is 23.8 Å². The van der Waals surface area contributed by atoms with E-state index in [0.29, 0.717) is 32.9 Å². The summed E-state index contributed by atoms with van der Waals surface area (Å²) in [6, 6.07) is 15.0. The van der Waals surface area contributed by atoms with Crippen molar-refractivity contribution in [1.29, 1.82) is 0 Å². The molecule has 0 bridgehead atoms. The van der Waals surface area contributed by atoms with E-state index in [0.717, 1.165) is 10.1 Å². The van der Waals surface area contributed by atoms with E-state index in [1.807, 2.05) is 6.07 Å². The zero-order valence-electron chi connectivity index (χ0n) is 24.7. The molecule has 5 nitrogen and oxygen atoms in total. The third-order valence-electron chi connectivity index (χ3n) is 5.05. The van der Waals surface area contributed by atoms with Crippen LogP contribution in [0, 0.1) is 0 Å². The maximum atomic E-state index is 11.6. The molecule has 1 aliphatic heterocycles. The number of hydrogen-bond donors (Lipinski definition) is 1. The summed E-state index contributed by atoms with van der Waals surface area (Å²) in [5, 5.41) is 3.16. The first-order valence-electron chi connectivity index (χ1n) is 14.1. The minimum Gasteiger partial charge on any atom is -0.494 e. The number of aromatic nitrogens is 1. The van der Waals surface area contributed by atoms with Crippen LogP contribution in [0.5, 0.6) is 5.75 Å². The van der Waals surface area contributed by atoms with Gasteiger partial charge in [0.05, 0.1) is 17.6 Å². The van der Waals surface area contributed by atoms with Gasteiger partial charge in [0, 0.05) is 59.4 Å². The molecule has 0 spiro atoms. The predicted molar refractivity (Wildman–Crippen MR) is 130 cm³/mol. The van der Waals surface area contributed by atoms with Crippen LogP contribution >= 0.6 is 11.3 Å². The van der Waals surface area contributed by atoms with Crippen molar-refractivity contribution < 1.29 is 15.7 Å². The van der Waals surface area contributed by atoms with E-state index in [1.165, 1.54) is 23.5 Å². The quantitative estimate of drug-likeness (QED) is 0.422. The fraction of sp³-hybridized carbons (Fsp3) is 0.320. The molecule has 2 aromatic heterocycles. The van der Waals surface area contributed by atoms with Gasteiger partial charge in [-0.25, -0.2) is 0 Å². The van der Waals surface area contributed by atoms with Gasteiger partial charge < -0.3 is 14.6 Å². The molecule has 3 heterocycles. The normalized spacial score (nSPS) is 25.4. The highest BCUT2D eigenvalue weighted by atomic mass is 32.1. The number of hydrogen-bond acceptors (Lipinski definition) is 5. The standard InChI is InChI=1S/C25H27N3O2S/c29-25-9-7-19-6-8-20(18-22(19)26-25)30-16-2-1-11-27-12-14-28(15-13-27)23-4-3-5-24-21(23)10-17-31-24/h3-10,17-18H,1-2,11-16H2,(H,26,29)/i12D2,13D2,14D2,15D2. The highest BCUT2D eigenvalue weighted by Gasteiger charge is 2.18. The number of pyridine rings is 1. The number of aromatic amines is 1. The van der Waals surface area contributed by atoms with Crippen LogP contribution in [0.25, 0.3) is 21.0 Å². The Morgan fingerprint density at radius 3 is 2.81 bits per heavy atom. The van der Waals surface area contributed by atoms with Crippen molar-refractivity contribution in [2.24, 2.45) is 0 Å². The number of benzene rings is 2. The summed E-state index contributed by atoms with van der Waals surface area (Å²) in [6.07, 6.45) is 0.617. The van der Waals surface area contributed by atoms with Crippen LogP contribution in [0.3, 0.4) is 0 Å². The van der Waals surface area contributed by atoms with Crippen molar-refractivity contribution in [2.45, 2.75) is 12.8 Å². The van der Waals surface area contributed by atoms with E-state index in [9.17, 15) is 4.79 Å². The van der Waals surface area contributed by atoms with Gasteiger partial charge in [-0.05, 0) is 66.6 Å². The summed E-state index contributed by atoms with van der Waals surface area (Å²) in [7, 11) is 0. The summed E-state index contributed by atoms with van der Waals surface area (Å²) in [5.41, 5.74) is 0.498. The van der Waals surface area contributed by atoms with Crippen molar-refractivity contribution >= 4 is 38.0 Å². The van der Waals surface area contributed by atoms with Crippen molar-refractivity contribution in [3.8, 4) is 5.75 Å². The minimum atomic E-state index is -2.91. The van der Waals surface area contributed by atoms with Crippen molar-refractivity contribution in [1.82, 2.24) is 9.88 Å². The molecule has 4 aromatic rings. The van der Waals surface area contributed by atoms with Gasteiger partial charge in [-0.15, -0.1) is 11.3 Å². The monoisotopic (exact) mass is 441 g/mol. The molecule has 0 unspecified atom stereocenters. The second-order valence-corrected chi connectivity index (χ2v) is 8.12. The van der Waals surface area contributed by atoms with Gasteiger partial charge in [0.2, 0.25) is 5.56 Å². The average Bonchev–Trinajstić information content (AvgIpc) is 3.34. The molecule has 0 amide bonds. The Hall–Kier alpha value is -2.83. The van der Waals surface area contributed by atoms with Crippen LogP contribution in [0.4, 0.5) is 5.69 Å². The Kier molecular flexibility index (Phi) is 3.79. The van der Waals surface area contributed by atoms with E-state index in [-0.39, 0.29) is 30.8 Å². The SMILES string of the molecule is [2H]C1([2H])N(CCCCOc2ccc3ccc(=O)[nH]c3c2)C([2H])([2H])C([2H])([2H])N(c2cccc3sccc23)C1([2H])[2H].